The van der Waals surface area contributed by atoms with E-state index in [1.807, 2.05) is 0 Å². The monoisotopic (exact) mass is 248 g/mol. The summed E-state index contributed by atoms with van der Waals surface area (Å²) in [6, 6.07) is 7.54. The van der Waals surface area contributed by atoms with Crippen LogP contribution in [0.1, 0.15) is 36.0 Å². The van der Waals surface area contributed by atoms with Crippen molar-refractivity contribution in [2.45, 2.75) is 31.7 Å². The van der Waals surface area contributed by atoms with E-state index in [0.717, 1.165) is 18.7 Å². The summed E-state index contributed by atoms with van der Waals surface area (Å²) in [4.78, 5) is 10.9. The largest absolute Gasteiger partial charge is 0.494 e. The predicted octanol–water partition coefficient (Wildman–Crippen LogP) is 1.70. The average Bonchev–Trinajstić information content (AvgIpc) is 2.40. The van der Waals surface area contributed by atoms with E-state index in [2.05, 4.69) is 5.32 Å². The number of nitrogens with one attached hydrogen (secondary N) is 1. The Hall–Kier alpha value is -1.55. The molecule has 1 aromatic carbocycles. The van der Waals surface area contributed by atoms with Gasteiger partial charge in [0.05, 0.1) is 6.61 Å². The fraction of sp³-hybridized carbons (Fsp3) is 0.500. The van der Waals surface area contributed by atoms with Gasteiger partial charge in [0.15, 0.2) is 0 Å². The predicted molar refractivity (Wildman–Crippen MR) is 70.7 cm³/mol. The Morgan fingerprint density at radius 2 is 2.11 bits per heavy atom. The fourth-order valence-corrected chi connectivity index (χ4v) is 2.20. The van der Waals surface area contributed by atoms with Crippen LogP contribution >= 0.6 is 0 Å². The number of carbonyl (C=O) groups is 1. The summed E-state index contributed by atoms with van der Waals surface area (Å²) < 4.78 is 5.65. The van der Waals surface area contributed by atoms with E-state index in [-0.39, 0.29) is 0 Å². The number of rotatable bonds is 5. The topological polar surface area (TPSA) is 64.4 Å². The molecule has 0 aromatic heterocycles. The van der Waals surface area contributed by atoms with Crippen LogP contribution in [0.25, 0.3) is 0 Å². The second kappa shape index (κ2) is 6.40. The SMILES string of the molecule is NC(=O)c1ccc(OCCC2CCCCN2)cc1. The van der Waals surface area contributed by atoms with E-state index < -0.39 is 5.91 Å². The molecule has 1 saturated heterocycles. The molecule has 0 radical (unpaired) electrons. The Labute approximate surface area is 108 Å². The van der Waals surface area contributed by atoms with Crippen molar-refractivity contribution in [1.29, 1.82) is 0 Å². The van der Waals surface area contributed by atoms with Crippen LogP contribution in [0, 0.1) is 0 Å². The molecular weight excluding hydrogens is 228 g/mol. The molecule has 1 amide bonds. The van der Waals surface area contributed by atoms with Crippen LogP contribution in [0.2, 0.25) is 0 Å². The molecule has 1 heterocycles. The molecule has 0 saturated carbocycles. The highest BCUT2D eigenvalue weighted by Crippen LogP contribution is 2.14. The molecule has 0 aliphatic carbocycles. The van der Waals surface area contributed by atoms with Crippen molar-refractivity contribution < 1.29 is 9.53 Å². The van der Waals surface area contributed by atoms with Crippen LogP contribution in [0.3, 0.4) is 0 Å². The van der Waals surface area contributed by atoms with Crippen LogP contribution in [0.5, 0.6) is 5.75 Å². The number of nitrogens with two attached hydrogens (primary N) is 1. The molecule has 98 valence electrons. The Morgan fingerprint density at radius 1 is 1.33 bits per heavy atom. The number of piperidine rings is 1. The Morgan fingerprint density at radius 3 is 2.72 bits per heavy atom. The van der Waals surface area contributed by atoms with Crippen LogP contribution in [0.15, 0.2) is 24.3 Å². The van der Waals surface area contributed by atoms with Crippen LogP contribution in [0.4, 0.5) is 0 Å². The second-order valence-corrected chi connectivity index (χ2v) is 4.67. The van der Waals surface area contributed by atoms with Gasteiger partial charge in [-0.3, -0.25) is 4.79 Å². The zero-order valence-corrected chi connectivity index (χ0v) is 10.5. The number of hydrogen-bond donors (Lipinski definition) is 2. The number of benzene rings is 1. The van der Waals surface area contributed by atoms with Crippen molar-refractivity contribution in [3.05, 3.63) is 29.8 Å². The van der Waals surface area contributed by atoms with E-state index >= 15 is 0 Å². The highest BCUT2D eigenvalue weighted by atomic mass is 16.5. The van der Waals surface area contributed by atoms with Crippen molar-refractivity contribution in [2.75, 3.05) is 13.2 Å². The number of primary amides is 1. The molecule has 0 bridgehead atoms. The lowest BCUT2D eigenvalue weighted by Crippen LogP contribution is -2.35. The van der Waals surface area contributed by atoms with Crippen molar-refractivity contribution in [3.8, 4) is 5.75 Å². The standard InChI is InChI=1S/C14H20N2O2/c15-14(17)11-4-6-13(7-5-11)18-10-8-12-3-1-2-9-16-12/h4-7,12,16H,1-3,8-10H2,(H2,15,17). The molecule has 18 heavy (non-hydrogen) atoms. The molecule has 3 N–H and O–H groups in total. The summed E-state index contributed by atoms with van der Waals surface area (Å²) in [5.74, 6) is 0.378. The first-order valence-electron chi connectivity index (χ1n) is 6.52. The van der Waals surface area contributed by atoms with E-state index in [1.165, 1.54) is 19.3 Å². The molecule has 2 rings (SSSR count). The number of hydrogen-bond acceptors (Lipinski definition) is 3. The van der Waals surface area contributed by atoms with Gasteiger partial charge in [-0.15, -0.1) is 0 Å². The second-order valence-electron chi connectivity index (χ2n) is 4.67. The quantitative estimate of drug-likeness (QED) is 0.833. The molecule has 4 heteroatoms. The first-order chi connectivity index (χ1) is 8.75. The third kappa shape index (κ3) is 3.74. The zero-order valence-electron chi connectivity index (χ0n) is 10.5. The Kier molecular flexibility index (Phi) is 4.59. The third-order valence-corrected chi connectivity index (χ3v) is 3.29. The maximum absolute atomic E-state index is 10.9. The maximum Gasteiger partial charge on any atom is 0.248 e. The smallest absolute Gasteiger partial charge is 0.248 e. The van der Waals surface area contributed by atoms with Crippen molar-refractivity contribution in [3.63, 3.8) is 0 Å². The first kappa shape index (κ1) is 12.9. The molecule has 1 aliphatic heterocycles. The minimum absolute atomic E-state index is 0.409. The van der Waals surface area contributed by atoms with Gasteiger partial charge in [-0.05, 0) is 50.1 Å². The summed E-state index contributed by atoms with van der Waals surface area (Å²) in [6.07, 6.45) is 4.86. The Balaban J connectivity index is 1.74. The van der Waals surface area contributed by atoms with E-state index in [1.54, 1.807) is 24.3 Å². The van der Waals surface area contributed by atoms with Gasteiger partial charge >= 0.3 is 0 Å². The van der Waals surface area contributed by atoms with Crippen molar-refractivity contribution in [1.82, 2.24) is 5.32 Å². The van der Waals surface area contributed by atoms with E-state index in [9.17, 15) is 4.79 Å². The van der Waals surface area contributed by atoms with Gasteiger partial charge in [0.2, 0.25) is 5.91 Å². The van der Waals surface area contributed by atoms with Crippen LogP contribution in [-0.2, 0) is 0 Å². The normalized spacial score (nSPS) is 19.4. The highest BCUT2D eigenvalue weighted by molar-refractivity contribution is 5.92. The van der Waals surface area contributed by atoms with Crippen LogP contribution in [-0.4, -0.2) is 25.1 Å². The molecular formula is C14H20N2O2. The molecule has 1 aliphatic rings. The number of amides is 1. The van der Waals surface area contributed by atoms with Gasteiger partial charge < -0.3 is 15.8 Å². The van der Waals surface area contributed by atoms with Gasteiger partial charge in [-0.1, -0.05) is 6.42 Å². The molecule has 4 nitrogen and oxygen atoms in total. The highest BCUT2D eigenvalue weighted by Gasteiger charge is 2.12. The molecule has 1 atom stereocenters. The average molecular weight is 248 g/mol. The van der Waals surface area contributed by atoms with Gasteiger partial charge in [0, 0.05) is 11.6 Å². The summed E-state index contributed by atoms with van der Waals surface area (Å²) in [5, 5.41) is 3.49. The van der Waals surface area contributed by atoms with Crippen molar-refractivity contribution >= 4 is 5.91 Å². The van der Waals surface area contributed by atoms with E-state index in [0.29, 0.717) is 18.2 Å². The first-order valence-corrected chi connectivity index (χ1v) is 6.52. The lowest BCUT2D eigenvalue weighted by molar-refractivity contribution is 0.100. The molecule has 1 unspecified atom stereocenters. The summed E-state index contributed by atoms with van der Waals surface area (Å²) in [5.41, 5.74) is 5.68. The number of ether oxygens (including phenoxy) is 1. The lowest BCUT2D eigenvalue weighted by Gasteiger charge is -2.23. The summed E-state index contributed by atoms with van der Waals surface area (Å²) in [6.45, 7) is 1.82. The molecule has 1 fully saturated rings. The fourth-order valence-electron chi connectivity index (χ4n) is 2.20. The van der Waals surface area contributed by atoms with E-state index in [4.69, 9.17) is 10.5 Å². The molecule has 0 spiro atoms. The lowest BCUT2D eigenvalue weighted by atomic mass is 10.0. The minimum atomic E-state index is -0.409. The number of carbonyl (C=O) groups excluding carboxylic acids is 1. The third-order valence-electron chi connectivity index (χ3n) is 3.29. The molecule has 1 aromatic rings. The van der Waals surface area contributed by atoms with Gasteiger partial charge in [-0.2, -0.15) is 0 Å². The van der Waals surface area contributed by atoms with Gasteiger partial charge in [-0.25, -0.2) is 0 Å². The maximum atomic E-state index is 10.9. The Bertz CT molecular complexity index is 383. The van der Waals surface area contributed by atoms with Gasteiger partial charge in [0.1, 0.15) is 5.75 Å². The van der Waals surface area contributed by atoms with Gasteiger partial charge in [0.25, 0.3) is 0 Å². The van der Waals surface area contributed by atoms with Crippen LogP contribution < -0.4 is 15.8 Å². The summed E-state index contributed by atoms with van der Waals surface area (Å²) >= 11 is 0. The van der Waals surface area contributed by atoms with Crippen molar-refractivity contribution in [2.24, 2.45) is 5.73 Å². The summed E-state index contributed by atoms with van der Waals surface area (Å²) in [7, 11) is 0. The minimum Gasteiger partial charge on any atom is -0.494 e. The zero-order chi connectivity index (χ0) is 12.8.